The minimum absolute atomic E-state index is 0.0310. The zero-order valence-corrected chi connectivity index (χ0v) is 12.7. The van der Waals surface area contributed by atoms with Gasteiger partial charge in [-0.2, -0.15) is 5.10 Å². The van der Waals surface area contributed by atoms with Gasteiger partial charge in [-0.1, -0.05) is 0 Å². The van der Waals surface area contributed by atoms with Crippen molar-refractivity contribution in [2.45, 2.75) is 12.1 Å². The highest BCUT2D eigenvalue weighted by Gasteiger charge is 2.31. The predicted molar refractivity (Wildman–Crippen MR) is 79.3 cm³/mol. The van der Waals surface area contributed by atoms with Crippen LogP contribution in [0.25, 0.3) is 11.1 Å². The van der Waals surface area contributed by atoms with Crippen molar-refractivity contribution in [3.05, 3.63) is 34.8 Å². The van der Waals surface area contributed by atoms with Gasteiger partial charge in [-0.25, -0.2) is 0 Å². The number of hydrogen-bond donors (Lipinski definition) is 0. The van der Waals surface area contributed by atoms with Crippen molar-refractivity contribution < 1.29 is 19.1 Å². The highest BCUT2D eigenvalue weighted by Crippen LogP contribution is 2.36. The third kappa shape index (κ3) is 2.76. The molecule has 2 aromatic rings. The molecular formula is C14H16N4O5. The molecule has 9 heteroatoms. The molecule has 122 valence electrons. The Labute approximate surface area is 131 Å². The normalized spacial score (nSPS) is 20.6. The Balaban J connectivity index is 1.98. The van der Waals surface area contributed by atoms with Crippen molar-refractivity contribution >= 4 is 5.82 Å². The van der Waals surface area contributed by atoms with E-state index in [0.29, 0.717) is 24.3 Å². The monoisotopic (exact) mass is 320 g/mol. The summed E-state index contributed by atoms with van der Waals surface area (Å²) in [6.45, 7) is 1.02. The van der Waals surface area contributed by atoms with E-state index in [9.17, 15) is 10.1 Å². The van der Waals surface area contributed by atoms with Gasteiger partial charge in [-0.15, -0.1) is 0 Å². The molecule has 2 atom stereocenters. The van der Waals surface area contributed by atoms with Crippen LogP contribution in [0.5, 0.6) is 5.75 Å². The van der Waals surface area contributed by atoms with Gasteiger partial charge < -0.3 is 24.3 Å². The molecule has 0 saturated carbocycles. The number of ether oxygens (including phenoxy) is 3. The molecule has 1 aliphatic rings. The van der Waals surface area contributed by atoms with Crippen LogP contribution in [-0.4, -0.2) is 53.2 Å². The van der Waals surface area contributed by atoms with Gasteiger partial charge in [0.15, 0.2) is 0 Å². The first-order valence-electron chi connectivity index (χ1n) is 6.98. The second kappa shape index (κ2) is 6.31. The molecule has 1 fully saturated rings. The van der Waals surface area contributed by atoms with Gasteiger partial charge in [0.1, 0.15) is 18.3 Å². The van der Waals surface area contributed by atoms with Gasteiger partial charge in [0.05, 0.1) is 26.5 Å². The maximum atomic E-state index is 11.1. The van der Waals surface area contributed by atoms with E-state index in [2.05, 4.69) is 10.1 Å². The van der Waals surface area contributed by atoms with Crippen LogP contribution in [0.1, 0.15) is 6.04 Å². The summed E-state index contributed by atoms with van der Waals surface area (Å²) in [6.07, 6.45) is 4.74. The Morgan fingerprint density at radius 1 is 1.43 bits per heavy atom. The molecule has 0 aliphatic carbocycles. The molecule has 0 N–H and O–H groups in total. The summed E-state index contributed by atoms with van der Waals surface area (Å²) in [4.78, 5) is 14.3. The molecule has 0 bridgehead atoms. The van der Waals surface area contributed by atoms with Crippen molar-refractivity contribution in [3.63, 3.8) is 0 Å². The average molecular weight is 320 g/mol. The number of pyridine rings is 1. The second-order valence-electron chi connectivity index (χ2n) is 5.06. The van der Waals surface area contributed by atoms with Crippen molar-refractivity contribution in [2.24, 2.45) is 0 Å². The Kier molecular flexibility index (Phi) is 4.22. The van der Waals surface area contributed by atoms with Gasteiger partial charge in [-0.3, -0.25) is 4.68 Å². The zero-order chi connectivity index (χ0) is 16.4. The summed E-state index contributed by atoms with van der Waals surface area (Å²) < 4.78 is 17.7. The number of rotatable bonds is 5. The lowest BCUT2D eigenvalue weighted by atomic mass is 10.1. The van der Waals surface area contributed by atoms with E-state index in [0.717, 1.165) is 0 Å². The van der Waals surface area contributed by atoms with Crippen molar-refractivity contribution in [3.8, 4) is 16.9 Å². The molecule has 0 spiro atoms. The summed E-state index contributed by atoms with van der Waals surface area (Å²) in [5, 5.41) is 15.4. The minimum atomic E-state index is -0.571. The van der Waals surface area contributed by atoms with Crippen molar-refractivity contribution in [1.29, 1.82) is 0 Å². The first-order valence-corrected chi connectivity index (χ1v) is 6.98. The largest absolute Gasteiger partial charge is 0.489 e. The number of nitrogens with zero attached hydrogens (tertiary/aromatic N) is 4. The van der Waals surface area contributed by atoms with E-state index in [-0.39, 0.29) is 23.7 Å². The maximum absolute atomic E-state index is 11.1. The lowest BCUT2D eigenvalue weighted by Gasteiger charge is -2.16. The van der Waals surface area contributed by atoms with E-state index in [1.165, 1.54) is 13.3 Å². The van der Waals surface area contributed by atoms with Gasteiger partial charge in [0.2, 0.25) is 5.75 Å². The molecule has 3 rings (SSSR count). The Morgan fingerprint density at radius 2 is 2.26 bits per heavy atom. The van der Waals surface area contributed by atoms with E-state index < -0.39 is 4.92 Å². The minimum Gasteiger partial charge on any atom is -0.489 e. The molecule has 9 nitrogen and oxygen atoms in total. The molecule has 3 heterocycles. The second-order valence-corrected chi connectivity index (χ2v) is 5.06. The molecule has 0 unspecified atom stereocenters. The average Bonchev–Trinajstić information content (AvgIpc) is 3.22. The predicted octanol–water partition coefficient (Wildman–Crippen LogP) is 1.45. The Hall–Kier alpha value is -2.52. The lowest BCUT2D eigenvalue weighted by Crippen LogP contribution is -2.24. The topological polar surface area (TPSA) is 102 Å². The lowest BCUT2D eigenvalue weighted by molar-refractivity contribution is -0.390. The number of hydrogen-bond acceptors (Lipinski definition) is 7. The fourth-order valence-electron chi connectivity index (χ4n) is 2.65. The van der Waals surface area contributed by atoms with Crippen LogP contribution >= 0.6 is 0 Å². The summed E-state index contributed by atoms with van der Waals surface area (Å²) >= 11 is 0. The third-order valence-electron chi connectivity index (χ3n) is 3.82. The molecule has 2 aromatic heterocycles. The van der Waals surface area contributed by atoms with E-state index in [1.54, 1.807) is 30.3 Å². The third-order valence-corrected chi connectivity index (χ3v) is 3.82. The number of aromatic nitrogens is 3. The quantitative estimate of drug-likeness (QED) is 0.607. The summed E-state index contributed by atoms with van der Waals surface area (Å²) in [5.74, 6) is -0.209. The highest BCUT2D eigenvalue weighted by molar-refractivity contribution is 5.72. The van der Waals surface area contributed by atoms with Crippen LogP contribution in [0.15, 0.2) is 24.7 Å². The van der Waals surface area contributed by atoms with E-state index in [4.69, 9.17) is 14.2 Å². The zero-order valence-electron chi connectivity index (χ0n) is 12.7. The van der Waals surface area contributed by atoms with E-state index in [1.807, 2.05) is 0 Å². The van der Waals surface area contributed by atoms with Crippen molar-refractivity contribution in [2.75, 3.05) is 27.4 Å². The SMILES string of the molecule is COc1c(-c2cnn([C@H]3COC[C@@H]3OC)c2)ccnc1[N+](=O)[O-]. The van der Waals surface area contributed by atoms with Crippen LogP contribution in [-0.2, 0) is 9.47 Å². The Bertz CT molecular complexity index is 717. The molecule has 0 radical (unpaired) electrons. The van der Waals surface area contributed by atoms with Crippen LogP contribution in [0.2, 0.25) is 0 Å². The first-order chi connectivity index (χ1) is 11.2. The molecule has 0 amide bonds. The summed E-state index contributed by atoms with van der Waals surface area (Å²) in [5.41, 5.74) is 1.27. The standard InChI is InChI=1S/C14H16N4O5/c1-21-12-8-23-7-11(12)17-6-9(5-16-17)10-3-4-15-14(18(19)20)13(10)22-2/h3-6,11-12H,7-8H2,1-2H3/t11-,12-/m0/s1. The van der Waals surface area contributed by atoms with Gasteiger partial charge in [0.25, 0.3) is 0 Å². The number of nitro groups is 1. The van der Waals surface area contributed by atoms with E-state index >= 15 is 0 Å². The van der Waals surface area contributed by atoms with Crippen molar-refractivity contribution in [1.82, 2.24) is 14.8 Å². The Morgan fingerprint density at radius 3 is 2.96 bits per heavy atom. The van der Waals surface area contributed by atoms with Gasteiger partial charge >= 0.3 is 5.82 Å². The molecule has 1 aliphatic heterocycles. The summed E-state index contributed by atoms with van der Waals surface area (Å²) in [6, 6.07) is 1.63. The van der Waals surface area contributed by atoms with Crippen LogP contribution in [0.4, 0.5) is 5.82 Å². The van der Waals surface area contributed by atoms with Crippen LogP contribution in [0, 0.1) is 10.1 Å². The molecule has 23 heavy (non-hydrogen) atoms. The van der Waals surface area contributed by atoms with Gasteiger partial charge in [0, 0.05) is 24.4 Å². The first kappa shape index (κ1) is 15.4. The maximum Gasteiger partial charge on any atom is 0.406 e. The van der Waals surface area contributed by atoms with Gasteiger partial charge in [-0.05, 0) is 16.0 Å². The molecule has 0 aromatic carbocycles. The summed E-state index contributed by atoms with van der Waals surface area (Å²) in [7, 11) is 3.01. The smallest absolute Gasteiger partial charge is 0.406 e. The van der Waals surface area contributed by atoms with Crippen LogP contribution < -0.4 is 4.74 Å². The molecule has 1 saturated heterocycles. The molecular weight excluding hydrogens is 304 g/mol. The fraction of sp³-hybridized carbons (Fsp3) is 0.429. The van der Waals surface area contributed by atoms with Crippen LogP contribution in [0.3, 0.4) is 0 Å². The fourth-order valence-corrected chi connectivity index (χ4v) is 2.65. The number of methoxy groups -OCH3 is 2. The highest BCUT2D eigenvalue weighted by atomic mass is 16.6.